The molecule has 0 unspecified atom stereocenters. The predicted molar refractivity (Wildman–Crippen MR) is 55.5 cm³/mol. The number of pyridine rings is 1. The molecular weight excluding hydrogens is 162 g/mol. The molecule has 0 fully saturated rings. The molecular formula is C10H17N3. The summed E-state index contributed by atoms with van der Waals surface area (Å²) in [5.41, 5.74) is 6.85. The summed E-state index contributed by atoms with van der Waals surface area (Å²) in [7, 11) is 1.98. The molecule has 3 heteroatoms. The number of aryl methyl sites for hydroxylation is 1. The van der Waals surface area contributed by atoms with E-state index in [0.29, 0.717) is 5.82 Å². The summed E-state index contributed by atoms with van der Waals surface area (Å²) >= 11 is 0. The molecule has 3 nitrogen and oxygen atoms in total. The summed E-state index contributed by atoms with van der Waals surface area (Å²) in [5, 5.41) is 3.13. The lowest BCUT2D eigenvalue weighted by Gasteiger charge is -2.01. The number of nitrogens with zero attached hydrogens (tertiary/aromatic N) is 1. The van der Waals surface area contributed by atoms with Gasteiger partial charge < -0.3 is 11.1 Å². The Morgan fingerprint density at radius 3 is 3.00 bits per heavy atom. The minimum Gasteiger partial charge on any atom is -0.384 e. The predicted octanol–water partition coefficient (Wildman–Crippen LogP) is 1.21. The summed E-state index contributed by atoms with van der Waals surface area (Å²) in [4.78, 5) is 3.95. The summed E-state index contributed by atoms with van der Waals surface area (Å²) in [5.74, 6) is 0.617. The Morgan fingerprint density at radius 2 is 2.31 bits per heavy atom. The number of hydrogen-bond acceptors (Lipinski definition) is 3. The molecule has 0 saturated carbocycles. The minimum atomic E-state index is 0.617. The standard InChI is InChI=1S/C10H17N3/c1-12-6-3-2-4-9-5-7-13-10(11)8-9/h5,7-8,12H,2-4,6H2,1H3,(H2,11,13). The Hall–Kier alpha value is -1.09. The van der Waals surface area contributed by atoms with Crippen molar-refractivity contribution >= 4 is 5.82 Å². The Balaban J connectivity index is 2.28. The van der Waals surface area contributed by atoms with Crippen LogP contribution in [0.5, 0.6) is 0 Å². The Bertz CT molecular complexity index is 248. The topological polar surface area (TPSA) is 50.9 Å². The maximum atomic E-state index is 5.57. The molecule has 0 amide bonds. The second-order valence-corrected chi connectivity index (χ2v) is 3.15. The van der Waals surface area contributed by atoms with Gasteiger partial charge in [-0.2, -0.15) is 0 Å². The number of anilines is 1. The van der Waals surface area contributed by atoms with Crippen LogP contribution in [0.4, 0.5) is 5.82 Å². The van der Waals surface area contributed by atoms with Gasteiger partial charge in [0, 0.05) is 6.20 Å². The van der Waals surface area contributed by atoms with E-state index in [1.54, 1.807) is 6.20 Å². The average molecular weight is 179 g/mol. The van der Waals surface area contributed by atoms with E-state index < -0.39 is 0 Å². The van der Waals surface area contributed by atoms with Crippen LogP contribution in [0.25, 0.3) is 0 Å². The quantitative estimate of drug-likeness (QED) is 0.668. The first kappa shape index (κ1) is 9.99. The zero-order valence-electron chi connectivity index (χ0n) is 8.09. The van der Waals surface area contributed by atoms with E-state index in [4.69, 9.17) is 5.73 Å². The van der Waals surface area contributed by atoms with Gasteiger partial charge in [0.25, 0.3) is 0 Å². The van der Waals surface area contributed by atoms with Gasteiger partial charge in [0.05, 0.1) is 0 Å². The lowest BCUT2D eigenvalue weighted by atomic mass is 10.1. The number of unbranched alkanes of at least 4 members (excludes halogenated alkanes) is 1. The second-order valence-electron chi connectivity index (χ2n) is 3.15. The maximum Gasteiger partial charge on any atom is 0.123 e. The smallest absolute Gasteiger partial charge is 0.123 e. The highest BCUT2D eigenvalue weighted by Gasteiger charge is 1.93. The number of nitrogens with two attached hydrogens (primary N) is 1. The van der Waals surface area contributed by atoms with Crippen molar-refractivity contribution in [3.05, 3.63) is 23.9 Å². The molecule has 0 aliphatic rings. The van der Waals surface area contributed by atoms with Crippen LogP contribution in [0.3, 0.4) is 0 Å². The fourth-order valence-electron chi connectivity index (χ4n) is 1.28. The number of rotatable bonds is 5. The highest BCUT2D eigenvalue weighted by molar-refractivity contribution is 5.31. The lowest BCUT2D eigenvalue weighted by Crippen LogP contribution is -2.07. The van der Waals surface area contributed by atoms with Crippen molar-refractivity contribution in [2.45, 2.75) is 19.3 Å². The van der Waals surface area contributed by atoms with Crippen molar-refractivity contribution in [2.24, 2.45) is 0 Å². The monoisotopic (exact) mass is 179 g/mol. The van der Waals surface area contributed by atoms with Gasteiger partial charge in [0.2, 0.25) is 0 Å². The SMILES string of the molecule is CNCCCCc1ccnc(N)c1. The van der Waals surface area contributed by atoms with Gasteiger partial charge in [-0.05, 0) is 50.6 Å². The van der Waals surface area contributed by atoms with Crippen LogP contribution in [0.1, 0.15) is 18.4 Å². The molecule has 1 heterocycles. The van der Waals surface area contributed by atoms with Gasteiger partial charge in [-0.25, -0.2) is 4.98 Å². The largest absolute Gasteiger partial charge is 0.384 e. The van der Waals surface area contributed by atoms with Crippen molar-refractivity contribution in [2.75, 3.05) is 19.3 Å². The first-order valence-electron chi connectivity index (χ1n) is 4.68. The third-order valence-electron chi connectivity index (χ3n) is 1.99. The number of aromatic nitrogens is 1. The van der Waals surface area contributed by atoms with Gasteiger partial charge in [-0.1, -0.05) is 0 Å². The summed E-state index contributed by atoms with van der Waals surface area (Å²) in [6, 6.07) is 3.97. The molecule has 0 saturated heterocycles. The summed E-state index contributed by atoms with van der Waals surface area (Å²) < 4.78 is 0. The van der Waals surface area contributed by atoms with E-state index in [-0.39, 0.29) is 0 Å². The van der Waals surface area contributed by atoms with E-state index in [2.05, 4.69) is 10.3 Å². The number of hydrogen-bond donors (Lipinski definition) is 2. The van der Waals surface area contributed by atoms with E-state index in [0.717, 1.165) is 13.0 Å². The lowest BCUT2D eigenvalue weighted by molar-refractivity contribution is 0.677. The number of nitrogens with one attached hydrogen (secondary N) is 1. The van der Waals surface area contributed by atoms with Crippen LogP contribution in [0.15, 0.2) is 18.3 Å². The summed E-state index contributed by atoms with van der Waals surface area (Å²) in [6.45, 7) is 1.08. The van der Waals surface area contributed by atoms with Crippen LogP contribution in [0, 0.1) is 0 Å². The van der Waals surface area contributed by atoms with E-state index in [9.17, 15) is 0 Å². The van der Waals surface area contributed by atoms with Gasteiger partial charge >= 0.3 is 0 Å². The molecule has 0 aromatic carbocycles. The van der Waals surface area contributed by atoms with Crippen molar-refractivity contribution < 1.29 is 0 Å². The van der Waals surface area contributed by atoms with Crippen LogP contribution in [-0.2, 0) is 6.42 Å². The Morgan fingerprint density at radius 1 is 1.46 bits per heavy atom. The Labute approximate surface area is 79.4 Å². The van der Waals surface area contributed by atoms with E-state index >= 15 is 0 Å². The highest BCUT2D eigenvalue weighted by Crippen LogP contribution is 2.06. The molecule has 0 bridgehead atoms. The molecule has 1 rings (SSSR count). The third kappa shape index (κ3) is 3.90. The minimum absolute atomic E-state index is 0.617. The first-order chi connectivity index (χ1) is 6.33. The molecule has 1 aromatic heterocycles. The fourth-order valence-corrected chi connectivity index (χ4v) is 1.28. The maximum absolute atomic E-state index is 5.57. The van der Waals surface area contributed by atoms with Gasteiger partial charge in [0.1, 0.15) is 5.82 Å². The third-order valence-corrected chi connectivity index (χ3v) is 1.99. The van der Waals surface area contributed by atoms with Crippen molar-refractivity contribution in [1.82, 2.24) is 10.3 Å². The van der Waals surface area contributed by atoms with Gasteiger partial charge in [-0.3, -0.25) is 0 Å². The first-order valence-corrected chi connectivity index (χ1v) is 4.68. The molecule has 0 aliphatic carbocycles. The van der Waals surface area contributed by atoms with E-state index in [1.807, 2.05) is 19.2 Å². The molecule has 1 aromatic rings. The molecule has 3 N–H and O–H groups in total. The molecule has 0 aliphatic heterocycles. The zero-order chi connectivity index (χ0) is 9.52. The van der Waals surface area contributed by atoms with E-state index in [1.165, 1.54) is 18.4 Å². The van der Waals surface area contributed by atoms with Crippen LogP contribution >= 0.6 is 0 Å². The molecule has 0 spiro atoms. The van der Waals surface area contributed by atoms with Crippen LogP contribution in [-0.4, -0.2) is 18.6 Å². The Kier molecular flexibility index (Phi) is 4.26. The summed E-state index contributed by atoms with van der Waals surface area (Å²) in [6.07, 6.45) is 5.26. The van der Waals surface area contributed by atoms with Crippen LogP contribution in [0.2, 0.25) is 0 Å². The average Bonchev–Trinajstić information content (AvgIpc) is 2.13. The number of nitrogen functional groups attached to an aromatic ring is 1. The van der Waals surface area contributed by atoms with Gasteiger partial charge in [0.15, 0.2) is 0 Å². The molecule has 72 valence electrons. The molecule has 0 radical (unpaired) electrons. The van der Waals surface area contributed by atoms with Gasteiger partial charge in [-0.15, -0.1) is 0 Å². The normalized spacial score (nSPS) is 10.2. The van der Waals surface area contributed by atoms with Crippen molar-refractivity contribution in [3.63, 3.8) is 0 Å². The van der Waals surface area contributed by atoms with Crippen molar-refractivity contribution in [1.29, 1.82) is 0 Å². The molecule has 13 heavy (non-hydrogen) atoms. The van der Waals surface area contributed by atoms with Crippen LogP contribution < -0.4 is 11.1 Å². The fraction of sp³-hybridized carbons (Fsp3) is 0.500. The van der Waals surface area contributed by atoms with Crippen molar-refractivity contribution in [3.8, 4) is 0 Å². The molecule has 0 atom stereocenters. The zero-order valence-corrected chi connectivity index (χ0v) is 8.09. The second kappa shape index (κ2) is 5.54. The highest BCUT2D eigenvalue weighted by atomic mass is 14.8.